The van der Waals surface area contributed by atoms with Gasteiger partial charge >= 0.3 is 0 Å². The molecule has 0 amide bonds. The van der Waals surface area contributed by atoms with E-state index in [0.717, 1.165) is 42.2 Å². The van der Waals surface area contributed by atoms with Crippen LogP contribution in [-0.4, -0.2) is 31.4 Å². The first-order valence-electron chi connectivity index (χ1n) is 8.59. The van der Waals surface area contributed by atoms with Gasteiger partial charge in [-0.05, 0) is 57.9 Å². The second-order valence-electron chi connectivity index (χ2n) is 6.65. The molecule has 0 aromatic carbocycles. The van der Waals surface area contributed by atoms with Gasteiger partial charge < -0.3 is 9.84 Å². The van der Waals surface area contributed by atoms with Gasteiger partial charge in [-0.15, -0.1) is 0 Å². The monoisotopic (exact) mass is 338 g/mol. The predicted octanol–water partition coefficient (Wildman–Crippen LogP) is 2.51. The maximum absolute atomic E-state index is 5.58. The number of fused-ring (bicyclic) bond motifs is 1. The van der Waals surface area contributed by atoms with Gasteiger partial charge in [0.05, 0.1) is 5.69 Å². The molecular formula is C18H22N6O. The highest BCUT2D eigenvalue weighted by Gasteiger charge is 2.23. The Morgan fingerprint density at radius 1 is 1.28 bits per heavy atom. The third kappa shape index (κ3) is 2.74. The SMILES string of the molecule is Cc1cc(C)n([C@@H](C)c2nc(-c3c(C)ncc4c3CCNC4)no2)n1. The molecule has 0 aliphatic carbocycles. The van der Waals surface area contributed by atoms with Crippen LogP contribution in [0.1, 0.15) is 47.1 Å². The number of nitrogens with zero attached hydrogens (tertiary/aromatic N) is 5. The van der Waals surface area contributed by atoms with Crippen LogP contribution in [0.3, 0.4) is 0 Å². The molecule has 1 atom stereocenters. The number of aromatic nitrogens is 5. The Bertz CT molecular complexity index is 926. The van der Waals surface area contributed by atoms with E-state index in [-0.39, 0.29) is 6.04 Å². The maximum atomic E-state index is 5.58. The molecule has 7 nitrogen and oxygen atoms in total. The zero-order valence-corrected chi connectivity index (χ0v) is 15.0. The van der Waals surface area contributed by atoms with Crippen LogP contribution >= 0.6 is 0 Å². The van der Waals surface area contributed by atoms with Crippen LogP contribution in [-0.2, 0) is 13.0 Å². The minimum Gasteiger partial charge on any atom is -0.337 e. The molecule has 0 saturated carbocycles. The van der Waals surface area contributed by atoms with Gasteiger partial charge in [-0.1, -0.05) is 5.16 Å². The van der Waals surface area contributed by atoms with Crippen molar-refractivity contribution in [2.24, 2.45) is 0 Å². The fourth-order valence-electron chi connectivity index (χ4n) is 3.52. The summed E-state index contributed by atoms with van der Waals surface area (Å²) in [6, 6.07) is 1.94. The number of nitrogens with one attached hydrogen (secondary N) is 1. The van der Waals surface area contributed by atoms with Crippen LogP contribution in [0, 0.1) is 20.8 Å². The van der Waals surface area contributed by atoms with Crippen molar-refractivity contribution in [2.75, 3.05) is 6.54 Å². The molecule has 130 valence electrons. The molecule has 0 saturated heterocycles. The van der Waals surface area contributed by atoms with Gasteiger partial charge in [0.15, 0.2) is 0 Å². The van der Waals surface area contributed by atoms with Crippen LogP contribution in [0.5, 0.6) is 0 Å². The highest BCUT2D eigenvalue weighted by Crippen LogP contribution is 2.30. The molecule has 25 heavy (non-hydrogen) atoms. The van der Waals surface area contributed by atoms with Gasteiger partial charge in [-0.25, -0.2) is 0 Å². The van der Waals surface area contributed by atoms with E-state index in [1.54, 1.807) is 0 Å². The Morgan fingerprint density at radius 3 is 2.88 bits per heavy atom. The summed E-state index contributed by atoms with van der Waals surface area (Å²) in [5, 5.41) is 12.2. The normalized spacial score (nSPS) is 15.2. The van der Waals surface area contributed by atoms with Crippen molar-refractivity contribution >= 4 is 0 Å². The summed E-state index contributed by atoms with van der Waals surface area (Å²) in [5.74, 6) is 1.18. The third-order valence-corrected chi connectivity index (χ3v) is 4.77. The van der Waals surface area contributed by atoms with Crippen molar-refractivity contribution in [1.29, 1.82) is 0 Å². The van der Waals surface area contributed by atoms with Crippen LogP contribution < -0.4 is 5.32 Å². The summed E-state index contributed by atoms with van der Waals surface area (Å²) in [6.45, 7) is 9.82. The molecule has 0 radical (unpaired) electrons. The van der Waals surface area contributed by atoms with E-state index in [0.29, 0.717) is 11.7 Å². The number of hydrogen-bond acceptors (Lipinski definition) is 6. The maximum Gasteiger partial charge on any atom is 0.251 e. The highest BCUT2D eigenvalue weighted by molar-refractivity contribution is 5.64. The van der Waals surface area contributed by atoms with E-state index < -0.39 is 0 Å². The van der Waals surface area contributed by atoms with E-state index in [9.17, 15) is 0 Å². The van der Waals surface area contributed by atoms with Gasteiger partial charge in [-0.2, -0.15) is 10.1 Å². The van der Waals surface area contributed by atoms with E-state index in [2.05, 4.69) is 25.5 Å². The topological polar surface area (TPSA) is 81.7 Å². The van der Waals surface area contributed by atoms with Crippen LogP contribution in [0.25, 0.3) is 11.4 Å². The number of aryl methyl sites for hydroxylation is 3. The largest absolute Gasteiger partial charge is 0.337 e. The number of pyridine rings is 1. The molecule has 3 aromatic rings. The lowest BCUT2D eigenvalue weighted by Crippen LogP contribution is -2.24. The third-order valence-electron chi connectivity index (χ3n) is 4.77. The van der Waals surface area contributed by atoms with Crippen molar-refractivity contribution < 1.29 is 4.52 Å². The van der Waals surface area contributed by atoms with Gasteiger partial charge in [0.2, 0.25) is 5.82 Å². The first-order valence-corrected chi connectivity index (χ1v) is 8.59. The highest BCUT2D eigenvalue weighted by atomic mass is 16.5. The Kier molecular flexibility index (Phi) is 3.88. The van der Waals surface area contributed by atoms with Gasteiger partial charge in [0.25, 0.3) is 5.89 Å². The molecule has 0 spiro atoms. The first kappa shape index (κ1) is 16.0. The smallest absolute Gasteiger partial charge is 0.251 e. The molecule has 1 aliphatic rings. The van der Waals surface area contributed by atoms with E-state index in [1.807, 2.05) is 44.6 Å². The number of rotatable bonds is 3. The standard InChI is InChI=1S/C18H22N6O/c1-10-7-11(2)24(22-10)13(4)18-21-17(23-25-18)16-12(3)20-9-14-8-19-6-5-15(14)16/h7,9,13,19H,5-6,8H2,1-4H3/t13-/m0/s1. The summed E-state index contributed by atoms with van der Waals surface area (Å²) in [4.78, 5) is 9.20. The Labute approximate surface area is 146 Å². The Balaban J connectivity index is 1.74. The Hall–Kier alpha value is -2.54. The summed E-state index contributed by atoms with van der Waals surface area (Å²) in [6.07, 6.45) is 2.89. The van der Waals surface area contributed by atoms with Crippen molar-refractivity contribution in [3.8, 4) is 11.4 Å². The molecule has 1 aliphatic heterocycles. The summed E-state index contributed by atoms with van der Waals surface area (Å²) in [5.41, 5.74) is 6.49. The minimum absolute atomic E-state index is 0.107. The summed E-state index contributed by atoms with van der Waals surface area (Å²) in [7, 11) is 0. The molecule has 0 unspecified atom stereocenters. The van der Waals surface area contributed by atoms with Crippen LogP contribution in [0.15, 0.2) is 16.8 Å². The molecule has 1 N–H and O–H groups in total. The minimum atomic E-state index is -0.107. The zero-order chi connectivity index (χ0) is 17.6. The fourth-order valence-corrected chi connectivity index (χ4v) is 3.52. The molecule has 0 fully saturated rings. The Morgan fingerprint density at radius 2 is 2.12 bits per heavy atom. The lowest BCUT2D eigenvalue weighted by Gasteiger charge is -2.19. The lowest BCUT2D eigenvalue weighted by molar-refractivity contribution is 0.334. The van der Waals surface area contributed by atoms with Crippen LogP contribution in [0.2, 0.25) is 0 Å². The molecule has 4 rings (SSSR count). The predicted molar refractivity (Wildman–Crippen MR) is 93.2 cm³/mol. The van der Waals surface area contributed by atoms with E-state index >= 15 is 0 Å². The second-order valence-corrected chi connectivity index (χ2v) is 6.65. The molecule has 4 heterocycles. The van der Waals surface area contributed by atoms with E-state index in [1.165, 1.54) is 11.1 Å². The van der Waals surface area contributed by atoms with Gasteiger partial charge in [0, 0.05) is 29.7 Å². The average Bonchev–Trinajstić information content (AvgIpc) is 3.20. The molecule has 3 aromatic heterocycles. The first-order chi connectivity index (χ1) is 12.0. The van der Waals surface area contributed by atoms with Gasteiger partial charge in [0.1, 0.15) is 6.04 Å². The van der Waals surface area contributed by atoms with E-state index in [4.69, 9.17) is 4.52 Å². The summed E-state index contributed by atoms with van der Waals surface area (Å²) < 4.78 is 7.50. The lowest BCUT2D eigenvalue weighted by atomic mass is 9.95. The fraction of sp³-hybridized carbons (Fsp3) is 0.444. The summed E-state index contributed by atoms with van der Waals surface area (Å²) >= 11 is 0. The van der Waals surface area contributed by atoms with Crippen molar-refractivity contribution in [2.45, 2.75) is 46.7 Å². The van der Waals surface area contributed by atoms with Crippen molar-refractivity contribution in [3.63, 3.8) is 0 Å². The van der Waals surface area contributed by atoms with Crippen molar-refractivity contribution in [1.82, 2.24) is 30.2 Å². The van der Waals surface area contributed by atoms with Gasteiger partial charge in [-0.3, -0.25) is 9.67 Å². The zero-order valence-electron chi connectivity index (χ0n) is 15.0. The quantitative estimate of drug-likeness (QED) is 0.790. The van der Waals surface area contributed by atoms with Crippen LogP contribution in [0.4, 0.5) is 0 Å². The second kappa shape index (κ2) is 6.07. The number of hydrogen-bond donors (Lipinski definition) is 1. The molecule has 7 heteroatoms. The average molecular weight is 338 g/mol. The molecule has 0 bridgehead atoms. The molecular weight excluding hydrogens is 316 g/mol. The van der Waals surface area contributed by atoms with Crippen molar-refractivity contribution in [3.05, 3.63) is 46.4 Å².